The molecule has 0 aromatic heterocycles. The fourth-order valence-electron chi connectivity index (χ4n) is 1.57. The molecule has 7 heteroatoms. The highest BCUT2D eigenvalue weighted by atomic mass is 32.2. The van der Waals surface area contributed by atoms with Crippen LogP contribution in [0.15, 0.2) is 24.3 Å². The summed E-state index contributed by atoms with van der Waals surface area (Å²) in [6.07, 6.45) is 0. The number of nitrogens with two attached hydrogens (primary N) is 1. The maximum absolute atomic E-state index is 11.9. The summed E-state index contributed by atoms with van der Waals surface area (Å²) in [7, 11) is -3.38. The highest BCUT2D eigenvalue weighted by molar-refractivity contribution is 7.92. The Balaban J connectivity index is 2.68. The van der Waals surface area contributed by atoms with Crippen molar-refractivity contribution in [1.82, 2.24) is 0 Å². The lowest BCUT2D eigenvalue weighted by atomic mass is 10.0. The van der Waals surface area contributed by atoms with Gasteiger partial charge in [0.2, 0.25) is 10.0 Å². The zero-order valence-electron chi connectivity index (χ0n) is 11.9. The summed E-state index contributed by atoms with van der Waals surface area (Å²) in [6.45, 7) is 5.61. The van der Waals surface area contributed by atoms with Gasteiger partial charge in [0.25, 0.3) is 0 Å². The lowest BCUT2D eigenvalue weighted by molar-refractivity contribution is 0.374. The first kappa shape index (κ1) is 16.3. The number of hydrogen-bond donors (Lipinski definition) is 3. The van der Waals surface area contributed by atoms with Gasteiger partial charge in [-0.05, 0) is 29.7 Å². The van der Waals surface area contributed by atoms with E-state index in [4.69, 9.17) is 15.9 Å². The average Bonchev–Trinajstić information content (AvgIpc) is 2.24. The molecule has 0 radical (unpaired) electrons. The number of benzene rings is 1. The molecule has 20 heavy (non-hydrogen) atoms. The molecule has 0 spiro atoms. The number of amidine groups is 1. The average molecular weight is 299 g/mol. The van der Waals surface area contributed by atoms with Crippen LogP contribution in [0.3, 0.4) is 0 Å². The summed E-state index contributed by atoms with van der Waals surface area (Å²) in [5.74, 6) is 0.502. The molecule has 0 atom stereocenters. The van der Waals surface area contributed by atoms with Crippen LogP contribution in [0, 0.1) is 10.8 Å². The van der Waals surface area contributed by atoms with E-state index in [1.54, 1.807) is 24.3 Å². The largest absolute Gasteiger partial charge is 0.486 e. The molecule has 0 fully saturated rings. The smallest absolute Gasteiger partial charge is 0.233 e. The predicted molar refractivity (Wildman–Crippen MR) is 80.7 cm³/mol. The molecule has 112 valence electrons. The van der Waals surface area contributed by atoms with E-state index >= 15 is 0 Å². The van der Waals surface area contributed by atoms with Gasteiger partial charge in [-0.2, -0.15) is 0 Å². The van der Waals surface area contributed by atoms with Gasteiger partial charge in [0.15, 0.2) is 0 Å². The van der Waals surface area contributed by atoms with Crippen molar-refractivity contribution in [2.45, 2.75) is 20.8 Å². The van der Waals surface area contributed by atoms with Gasteiger partial charge in [0, 0.05) is 5.69 Å². The maximum Gasteiger partial charge on any atom is 0.233 e. The zero-order chi connectivity index (χ0) is 15.4. The first-order chi connectivity index (χ1) is 9.07. The highest BCUT2D eigenvalue weighted by Crippen LogP contribution is 2.20. The summed E-state index contributed by atoms with van der Waals surface area (Å²) >= 11 is 0. The van der Waals surface area contributed by atoms with Gasteiger partial charge < -0.3 is 10.5 Å². The molecule has 0 aliphatic rings. The van der Waals surface area contributed by atoms with Gasteiger partial charge in [-0.3, -0.25) is 10.1 Å². The van der Waals surface area contributed by atoms with Crippen LogP contribution in [-0.2, 0) is 10.0 Å². The van der Waals surface area contributed by atoms with E-state index in [2.05, 4.69) is 4.72 Å². The zero-order valence-corrected chi connectivity index (χ0v) is 12.8. The van der Waals surface area contributed by atoms with Crippen molar-refractivity contribution in [2.75, 3.05) is 17.1 Å². The van der Waals surface area contributed by atoms with E-state index in [1.807, 2.05) is 20.8 Å². The van der Waals surface area contributed by atoms with Crippen molar-refractivity contribution >= 4 is 21.5 Å². The Morgan fingerprint density at radius 2 is 1.85 bits per heavy atom. The number of ether oxygens (including phenoxy) is 1. The number of nitrogens with one attached hydrogen (secondary N) is 2. The number of rotatable bonds is 6. The van der Waals surface area contributed by atoms with E-state index in [0.717, 1.165) is 0 Å². The van der Waals surface area contributed by atoms with E-state index in [9.17, 15) is 8.42 Å². The van der Waals surface area contributed by atoms with Crippen LogP contribution in [0.4, 0.5) is 5.69 Å². The minimum Gasteiger partial charge on any atom is -0.486 e. The summed E-state index contributed by atoms with van der Waals surface area (Å²) < 4.78 is 31.6. The molecule has 0 aliphatic carbocycles. The second-order valence-electron chi connectivity index (χ2n) is 5.76. The normalized spacial score (nSPS) is 11.9. The molecule has 0 heterocycles. The lowest BCUT2D eigenvalue weighted by Gasteiger charge is -2.18. The molecule has 1 rings (SSSR count). The predicted octanol–water partition coefficient (Wildman–Crippen LogP) is 1.79. The molecule has 1 aromatic rings. The Hall–Kier alpha value is -1.76. The van der Waals surface area contributed by atoms with Gasteiger partial charge in [0.05, 0.1) is 5.75 Å². The van der Waals surface area contributed by atoms with Crippen LogP contribution >= 0.6 is 0 Å². The molecular weight excluding hydrogens is 278 g/mol. The third-order valence-corrected chi connectivity index (χ3v) is 3.94. The molecule has 1 aromatic carbocycles. The Morgan fingerprint density at radius 1 is 1.30 bits per heavy atom. The van der Waals surface area contributed by atoms with Crippen LogP contribution < -0.4 is 15.2 Å². The Morgan fingerprint density at radius 3 is 2.30 bits per heavy atom. The number of hydrogen-bond acceptors (Lipinski definition) is 4. The summed E-state index contributed by atoms with van der Waals surface area (Å²) in [5, 5.41) is 7.05. The molecule has 0 amide bonds. The van der Waals surface area contributed by atoms with E-state index < -0.39 is 10.0 Å². The fraction of sp³-hybridized carbons (Fsp3) is 0.462. The number of anilines is 1. The van der Waals surface area contributed by atoms with Crippen molar-refractivity contribution in [3.63, 3.8) is 0 Å². The van der Waals surface area contributed by atoms with Crippen LogP contribution in [0.2, 0.25) is 0 Å². The van der Waals surface area contributed by atoms with E-state index in [0.29, 0.717) is 11.4 Å². The van der Waals surface area contributed by atoms with Crippen molar-refractivity contribution < 1.29 is 13.2 Å². The topological polar surface area (TPSA) is 105 Å². The minimum absolute atomic E-state index is 0.00903. The number of sulfonamides is 1. The van der Waals surface area contributed by atoms with Gasteiger partial charge in [-0.15, -0.1) is 0 Å². The van der Waals surface area contributed by atoms with Crippen LogP contribution in [0.1, 0.15) is 20.8 Å². The SMILES string of the molecule is CC(C)(C)CS(=O)(=O)Nc1ccc(OCC(=N)N)cc1. The Labute approximate surface area is 119 Å². The maximum atomic E-state index is 11.9. The summed E-state index contributed by atoms with van der Waals surface area (Å²) in [4.78, 5) is 0. The standard InChI is InChI=1S/C13H21N3O3S/c1-13(2,3)9-20(17,18)16-10-4-6-11(7-5-10)19-8-12(14)15/h4-7,16H,8-9H2,1-3H3,(H3,14,15). The monoisotopic (exact) mass is 299 g/mol. The molecule has 0 saturated carbocycles. The first-order valence-electron chi connectivity index (χ1n) is 6.14. The van der Waals surface area contributed by atoms with Crippen LogP contribution in [0.25, 0.3) is 0 Å². The molecule has 0 unspecified atom stereocenters. The van der Waals surface area contributed by atoms with Gasteiger partial charge >= 0.3 is 0 Å². The van der Waals surface area contributed by atoms with E-state index in [-0.39, 0.29) is 23.6 Å². The van der Waals surface area contributed by atoms with Gasteiger partial charge in [-0.1, -0.05) is 20.8 Å². The third-order valence-electron chi connectivity index (χ3n) is 2.15. The molecule has 0 saturated heterocycles. The quantitative estimate of drug-likeness (QED) is 0.550. The molecule has 4 N–H and O–H groups in total. The molecular formula is C13H21N3O3S. The minimum atomic E-state index is -3.38. The van der Waals surface area contributed by atoms with E-state index in [1.165, 1.54) is 0 Å². The Kier molecular flexibility index (Phi) is 4.99. The van der Waals surface area contributed by atoms with Crippen LogP contribution in [-0.4, -0.2) is 26.6 Å². The third kappa shape index (κ3) is 6.42. The summed E-state index contributed by atoms with van der Waals surface area (Å²) in [6, 6.07) is 6.46. The van der Waals surface area contributed by atoms with Gasteiger partial charge in [0.1, 0.15) is 18.2 Å². The molecule has 6 nitrogen and oxygen atoms in total. The van der Waals surface area contributed by atoms with Crippen molar-refractivity contribution in [3.05, 3.63) is 24.3 Å². The molecule has 0 bridgehead atoms. The van der Waals surface area contributed by atoms with Crippen molar-refractivity contribution in [2.24, 2.45) is 11.1 Å². The second-order valence-corrected chi connectivity index (χ2v) is 7.48. The van der Waals surface area contributed by atoms with Crippen molar-refractivity contribution in [1.29, 1.82) is 5.41 Å². The van der Waals surface area contributed by atoms with Crippen LogP contribution in [0.5, 0.6) is 5.75 Å². The fourth-order valence-corrected chi connectivity index (χ4v) is 3.27. The Bertz CT molecular complexity index is 560. The first-order valence-corrected chi connectivity index (χ1v) is 7.79. The highest BCUT2D eigenvalue weighted by Gasteiger charge is 2.21. The second kappa shape index (κ2) is 6.13. The lowest BCUT2D eigenvalue weighted by Crippen LogP contribution is -2.26. The molecule has 0 aliphatic heterocycles. The summed E-state index contributed by atoms with van der Waals surface area (Å²) in [5.41, 5.74) is 5.35. The van der Waals surface area contributed by atoms with Gasteiger partial charge in [-0.25, -0.2) is 8.42 Å². The van der Waals surface area contributed by atoms with Crippen molar-refractivity contribution in [3.8, 4) is 5.75 Å².